The number of benzene rings is 2. The first-order valence-corrected chi connectivity index (χ1v) is 10.2. The van der Waals surface area contributed by atoms with Crippen LogP contribution in [0.1, 0.15) is 21.6 Å². The smallest absolute Gasteiger partial charge is 0.322 e. The Morgan fingerprint density at radius 3 is 2.64 bits per heavy atom. The van der Waals surface area contributed by atoms with E-state index in [2.05, 4.69) is 10.4 Å². The number of carbonyl (C=O) groups excluding carboxylic acids is 2. The molecular formula is C22H18ClFN6O3. The Kier molecular flexibility index (Phi) is 6.00. The number of fused-ring (bicyclic) bond motifs is 1. The minimum Gasteiger partial charge on any atom is -0.394 e. The van der Waals surface area contributed by atoms with Gasteiger partial charge in [0.25, 0.3) is 5.91 Å². The molecule has 3 amide bonds. The molecule has 2 heterocycles. The number of aliphatic hydroxyl groups is 1. The van der Waals surface area contributed by atoms with E-state index in [-0.39, 0.29) is 36.0 Å². The Bertz CT molecular complexity index is 1280. The quantitative estimate of drug-likeness (QED) is 0.540. The van der Waals surface area contributed by atoms with E-state index in [9.17, 15) is 19.1 Å². The van der Waals surface area contributed by atoms with Gasteiger partial charge in [0, 0.05) is 11.3 Å². The molecule has 9 nitrogen and oxygen atoms in total. The average molecular weight is 469 g/mol. The lowest BCUT2D eigenvalue weighted by Gasteiger charge is -2.35. The SMILES string of the molecule is N#Cc1ccc(NC(=O)N2Cc3c(C(N)=O)c(-c4ccc(F)c(Cl)c4)nn3CC2CO)cc1. The number of hydrogen-bond acceptors (Lipinski definition) is 5. The van der Waals surface area contributed by atoms with Gasteiger partial charge in [-0.2, -0.15) is 10.4 Å². The second kappa shape index (κ2) is 8.90. The van der Waals surface area contributed by atoms with E-state index in [0.29, 0.717) is 22.5 Å². The van der Waals surface area contributed by atoms with E-state index in [1.54, 1.807) is 24.3 Å². The highest BCUT2D eigenvalue weighted by Crippen LogP contribution is 2.32. The number of anilines is 1. The molecule has 0 radical (unpaired) electrons. The average Bonchev–Trinajstić information content (AvgIpc) is 3.19. The molecule has 2 aromatic carbocycles. The van der Waals surface area contributed by atoms with E-state index in [0.717, 1.165) is 6.07 Å². The maximum absolute atomic E-state index is 13.6. The molecule has 1 atom stereocenters. The largest absolute Gasteiger partial charge is 0.394 e. The number of aliphatic hydroxyl groups excluding tert-OH is 1. The number of primary amides is 1. The van der Waals surface area contributed by atoms with Crippen molar-refractivity contribution in [3.05, 3.63) is 70.1 Å². The number of amides is 3. The van der Waals surface area contributed by atoms with E-state index in [1.807, 2.05) is 6.07 Å². The summed E-state index contributed by atoms with van der Waals surface area (Å²) in [6, 6.07) is 11.1. The Balaban J connectivity index is 1.68. The number of nitrogens with two attached hydrogens (primary N) is 1. The molecule has 1 aliphatic heterocycles. The second-order valence-corrected chi connectivity index (χ2v) is 7.84. The van der Waals surface area contributed by atoms with Gasteiger partial charge in [0.15, 0.2) is 0 Å². The fourth-order valence-electron chi connectivity index (χ4n) is 3.72. The van der Waals surface area contributed by atoms with Crippen molar-refractivity contribution < 1.29 is 19.1 Å². The molecular weight excluding hydrogens is 451 g/mol. The Morgan fingerprint density at radius 2 is 2.03 bits per heavy atom. The van der Waals surface area contributed by atoms with Crippen molar-refractivity contribution in [3.63, 3.8) is 0 Å². The third-order valence-electron chi connectivity index (χ3n) is 5.38. The van der Waals surface area contributed by atoms with Gasteiger partial charge >= 0.3 is 6.03 Å². The number of nitrogens with zero attached hydrogens (tertiary/aromatic N) is 4. The lowest BCUT2D eigenvalue weighted by molar-refractivity contribution is 0.0973. The molecule has 0 fully saturated rings. The molecule has 168 valence electrons. The predicted molar refractivity (Wildman–Crippen MR) is 118 cm³/mol. The first-order valence-electron chi connectivity index (χ1n) is 9.86. The van der Waals surface area contributed by atoms with Gasteiger partial charge in [-0.25, -0.2) is 9.18 Å². The molecule has 0 spiro atoms. The molecule has 3 aromatic rings. The molecule has 1 aromatic heterocycles. The van der Waals surface area contributed by atoms with Gasteiger partial charge in [0.05, 0.1) is 53.7 Å². The lowest BCUT2D eigenvalue weighted by Crippen LogP contribution is -2.50. The Labute approximate surface area is 192 Å². The standard InChI is InChI=1S/C22H18ClFN6O3/c23-16-7-13(3-6-17(16)24)20-19(21(26)32)18-10-29(15(11-31)9-30(18)28-20)22(33)27-14-4-1-12(8-25)2-5-14/h1-7,15,31H,9-11H2,(H2,26,32)(H,27,33). The van der Waals surface area contributed by atoms with Crippen LogP contribution < -0.4 is 11.1 Å². The van der Waals surface area contributed by atoms with Crippen LogP contribution in [0.3, 0.4) is 0 Å². The number of urea groups is 1. The highest BCUT2D eigenvalue weighted by Gasteiger charge is 2.35. The number of hydrogen-bond donors (Lipinski definition) is 3. The van der Waals surface area contributed by atoms with Crippen molar-refractivity contribution in [3.8, 4) is 17.3 Å². The number of nitrogens with one attached hydrogen (secondary N) is 1. The van der Waals surface area contributed by atoms with Gasteiger partial charge in [0.2, 0.25) is 0 Å². The Hall–Kier alpha value is -3.94. The van der Waals surface area contributed by atoms with Crippen LogP contribution in [0.25, 0.3) is 11.3 Å². The van der Waals surface area contributed by atoms with Crippen LogP contribution in [-0.4, -0.2) is 44.4 Å². The maximum atomic E-state index is 13.6. The Morgan fingerprint density at radius 1 is 1.30 bits per heavy atom. The van der Waals surface area contributed by atoms with Crippen LogP contribution in [0.4, 0.5) is 14.9 Å². The fourth-order valence-corrected chi connectivity index (χ4v) is 3.90. The topological polar surface area (TPSA) is 137 Å². The van der Waals surface area contributed by atoms with Gasteiger partial charge in [-0.1, -0.05) is 11.6 Å². The van der Waals surface area contributed by atoms with Crippen molar-refractivity contribution in [2.45, 2.75) is 19.1 Å². The third-order valence-corrected chi connectivity index (χ3v) is 5.67. The molecule has 0 aliphatic carbocycles. The summed E-state index contributed by atoms with van der Waals surface area (Å²) in [7, 11) is 0. The molecule has 1 aliphatic rings. The van der Waals surface area contributed by atoms with E-state index >= 15 is 0 Å². The molecule has 4 rings (SSSR count). The summed E-state index contributed by atoms with van der Waals surface area (Å²) in [6.45, 7) is -0.279. The van der Waals surface area contributed by atoms with E-state index in [1.165, 1.54) is 21.7 Å². The first kappa shape index (κ1) is 22.3. The highest BCUT2D eigenvalue weighted by atomic mass is 35.5. The number of nitriles is 1. The summed E-state index contributed by atoms with van der Waals surface area (Å²) < 4.78 is 15.1. The van der Waals surface area contributed by atoms with Crippen molar-refractivity contribution in [2.24, 2.45) is 5.73 Å². The van der Waals surface area contributed by atoms with Crippen LogP contribution in [0.15, 0.2) is 42.5 Å². The number of aromatic nitrogens is 2. The predicted octanol–water partition coefficient (Wildman–Crippen LogP) is 2.72. The third kappa shape index (κ3) is 4.24. The highest BCUT2D eigenvalue weighted by molar-refractivity contribution is 6.31. The minimum absolute atomic E-state index is 0.0481. The zero-order valence-corrected chi connectivity index (χ0v) is 17.9. The van der Waals surface area contributed by atoms with Gasteiger partial charge in [-0.3, -0.25) is 9.48 Å². The molecule has 33 heavy (non-hydrogen) atoms. The fraction of sp³-hybridized carbons (Fsp3) is 0.182. The summed E-state index contributed by atoms with van der Waals surface area (Å²) >= 11 is 5.89. The lowest BCUT2D eigenvalue weighted by atomic mass is 10.0. The summed E-state index contributed by atoms with van der Waals surface area (Å²) in [4.78, 5) is 26.7. The van der Waals surface area contributed by atoms with Gasteiger partial charge in [-0.05, 0) is 42.5 Å². The molecule has 11 heteroatoms. The number of carbonyl (C=O) groups is 2. The van der Waals surface area contributed by atoms with Crippen LogP contribution in [0, 0.1) is 17.1 Å². The molecule has 0 saturated carbocycles. The minimum atomic E-state index is -0.762. The number of halogens is 2. The van der Waals surface area contributed by atoms with Crippen molar-refractivity contribution >= 4 is 29.2 Å². The normalized spacial score (nSPS) is 15.0. The molecule has 1 unspecified atom stereocenters. The second-order valence-electron chi connectivity index (χ2n) is 7.43. The summed E-state index contributed by atoms with van der Waals surface area (Å²) in [5, 5.41) is 25.8. The van der Waals surface area contributed by atoms with Crippen molar-refractivity contribution in [1.29, 1.82) is 5.26 Å². The zero-order valence-electron chi connectivity index (χ0n) is 17.1. The van der Waals surface area contributed by atoms with Crippen LogP contribution in [0.5, 0.6) is 0 Å². The molecule has 0 saturated heterocycles. The van der Waals surface area contributed by atoms with Gasteiger partial charge in [-0.15, -0.1) is 0 Å². The van der Waals surface area contributed by atoms with E-state index < -0.39 is 23.8 Å². The summed E-state index contributed by atoms with van der Waals surface area (Å²) in [5.41, 5.74) is 7.63. The molecule has 0 bridgehead atoms. The van der Waals surface area contributed by atoms with Crippen molar-refractivity contribution in [1.82, 2.24) is 14.7 Å². The van der Waals surface area contributed by atoms with Gasteiger partial charge in [0.1, 0.15) is 11.5 Å². The van der Waals surface area contributed by atoms with E-state index in [4.69, 9.17) is 22.6 Å². The number of rotatable bonds is 4. The van der Waals surface area contributed by atoms with Crippen LogP contribution >= 0.6 is 11.6 Å². The maximum Gasteiger partial charge on any atom is 0.322 e. The summed E-state index contributed by atoms with van der Waals surface area (Å²) in [5.74, 6) is -1.38. The van der Waals surface area contributed by atoms with Crippen molar-refractivity contribution in [2.75, 3.05) is 11.9 Å². The van der Waals surface area contributed by atoms with Gasteiger partial charge < -0.3 is 21.1 Å². The van der Waals surface area contributed by atoms with Crippen LogP contribution in [0.2, 0.25) is 5.02 Å². The monoisotopic (exact) mass is 468 g/mol. The first-order chi connectivity index (χ1) is 15.8. The molecule has 4 N–H and O–H groups in total. The van der Waals surface area contributed by atoms with Crippen LogP contribution in [-0.2, 0) is 13.1 Å². The summed E-state index contributed by atoms with van der Waals surface area (Å²) in [6.07, 6.45) is 0. The zero-order chi connectivity index (χ0) is 23.7.